The van der Waals surface area contributed by atoms with Crippen molar-refractivity contribution in [2.45, 2.75) is 26.3 Å². The lowest BCUT2D eigenvalue weighted by Crippen LogP contribution is -2.37. The fourth-order valence-corrected chi connectivity index (χ4v) is 2.80. The van der Waals surface area contributed by atoms with Crippen molar-refractivity contribution >= 4 is 16.8 Å². The Labute approximate surface area is 100 Å². The molecular formula is C14H16N2O. The highest BCUT2D eigenvalue weighted by Crippen LogP contribution is 2.32. The molecular weight excluding hydrogens is 212 g/mol. The quantitative estimate of drug-likeness (QED) is 0.739. The topological polar surface area (TPSA) is 36.1 Å². The molecule has 1 aliphatic rings. The number of aromatic nitrogens is 1. The molecule has 3 heteroatoms. The lowest BCUT2D eigenvalue weighted by Gasteiger charge is -2.34. The highest BCUT2D eigenvalue weighted by molar-refractivity contribution is 5.82. The zero-order chi connectivity index (χ0) is 12.0. The Hall–Kier alpha value is -1.77. The molecule has 3 nitrogen and oxygen atoms in total. The number of nitrogens with zero attached hydrogens (tertiary/aromatic N) is 1. The predicted molar refractivity (Wildman–Crippen MR) is 67.8 cm³/mol. The van der Waals surface area contributed by atoms with Crippen LogP contribution in [0.15, 0.2) is 24.4 Å². The van der Waals surface area contributed by atoms with Crippen molar-refractivity contribution in [3.05, 3.63) is 35.5 Å². The SMILES string of the molecule is CC(=O)N1CCc2cc3[nH]ccc3cc2C1C. The number of H-pyrrole nitrogens is 1. The van der Waals surface area contributed by atoms with E-state index in [-0.39, 0.29) is 11.9 Å². The highest BCUT2D eigenvalue weighted by Gasteiger charge is 2.25. The van der Waals surface area contributed by atoms with Crippen molar-refractivity contribution < 1.29 is 4.79 Å². The van der Waals surface area contributed by atoms with Crippen LogP contribution in [0.3, 0.4) is 0 Å². The molecule has 0 bridgehead atoms. The molecule has 0 aliphatic carbocycles. The first-order valence-corrected chi connectivity index (χ1v) is 6.04. The van der Waals surface area contributed by atoms with Crippen molar-refractivity contribution in [1.29, 1.82) is 0 Å². The Bertz CT molecular complexity index is 585. The van der Waals surface area contributed by atoms with E-state index >= 15 is 0 Å². The summed E-state index contributed by atoms with van der Waals surface area (Å²) in [6.45, 7) is 4.59. The first kappa shape index (κ1) is 10.4. The number of rotatable bonds is 0. The number of benzene rings is 1. The Kier molecular flexibility index (Phi) is 2.21. The zero-order valence-corrected chi connectivity index (χ0v) is 10.2. The molecule has 1 atom stereocenters. The fourth-order valence-electron chi connectivity index (χ4n) is 2.80. The Morgan fingerprint density at radius 2 is 2.29 bits per heavy atom. The van der Waals surface area contributed by atoms with E-state index in [0.717, 1.165) is 13.0 Å². The molecule has 17 heavy (non-hydrogen) atoms. The summed E-state index contributed by atoms with van der Waals surface area (Å²) in [6.07, 6.45) is 2.91. The zero-order valence-electron chi connectivity index (χ0n) is 10.2. The molecule has 0 radical (unpaired) electrons. The number of hydrogen-bond acceptors (Lipinski definition) is 1. The van der Waals surface area contributed by atoms with Gasteiger partial charge in [0.15, 0.2) is 0 Å². The molecule has 2 heterocycles. The van der Waals surface area contributed by atoms with E-state index in [1.165, 1.54) is 22.0 Å². The summed E-state index contributed by atoms with van der Waals surface area (Å²) in [4.78, 5) is 16.7. The van der Waals surface area contributed by atoms with Crippen LogP contribution >= 0.6 is 0 Å². The van der Waals surface area contributed by atoms with Gasteiger partial charge in [0.2, 0.25) is 5.91 Å². The Morgan fingerprint density at radius 3 is 3.06 bits per heavy atom. The molecule has 0 spiro atoms. The Balaban J connectivity index is 2.13. The first-order chi connectivity index (χ1) is 8.16. The predicted octanol–water partition coefficient (Wildman–Crippen LogP) is 2.63. The molecule has 1 unspecified atom stereocenters. The largest absolute Gasteiger partial charge is 0.361 e. The van der Waals surface area contributed by atoms with Crippen molar-refractivity contribution in [1.82, 2.24) is 9.88 Å². The molecule has 88 valence electrons. The van der Waals surface area contributed by atoms with E-state index in [9.17, 15) is 4.79 Å². The third kappa shape index (κ3) is 1.54. The van der Waals surface area contributed by atoms with E-state index in [0.29, 0.717) is 0 Å². The smallest absolute Gasteiger partial charge is 0.219 e. The number of carbonyl (C=O) groups excluding carboxylic acids is 1. The molecule has 1 aromatic heterocycles. The summed E-state index contributed by atoms with van der Waals surface area (Å²) in [6, 6.07) is 6.70. The normalized spacial score (nSPS) is 19.4. The number of hydrogen-bond donors (Lipinski definition) is 1. The number of aromatic amines is 1. The van der Waals surface area contributed by atoms with Crippen LogP contribution < -0.4 is 0 Å². The molecule has 1 N–H and O–H groups in total. The summed E-state index contributed by atoms with van der Waals surface area (Å²) in [7, 11) is 0. The van der Waals surface area contributed by atoms with Gasteiger partial charge < -0.3 is 9.88 Å². The molecule has 1 amide bonds. The first-order valence-electron chi connectivity index (χ1n) is 6.04. The number of amides is 1. The van der Waals surface area contributed by atoms with E-state index in [2.05, 4.69) is 30.1 Å². The third-order valence-corrected chi connectivity index (χ3v) is 3.76. The van der Waals surface area contributed by atoms with Gasteiger partial charge in [0.05, 0.1) is 6.04 Å². The van der Waals surface area contributed by atoms with Gasteiger partial charge in [-0.3, -0.25) is 4.79 Å². The van der Waals surface area contributed by atoms with Gasteiger partial charge in [0.1, 0.15) is 0 Å². The van der Waals surface area contributed by atoms with Crippen LogP contribution in [-0.4, -0.2) is 22.3 Å². The minimum absolute atomic E-state index is 0.164. The van der Waals surface area contributed by atoms with Gasteiger partial charge in [0.25, 0.3) is 0 Å². The van der Waals surface area contributed by atoms with Crippen LogP contribution in [0.2, 0.25) is 0 Å². The van der Waals surface area contributed by atoms with Gasteiger partial charge in [0, 0.05) is 25.2 Å². The van der Waals surface area contributed by atoms with Gasteiger partial charge in [-0.1, -0.05) is 0 Å². The summed E-state index contributed by atoms with van der Waals surface area (Å²) in [5, 5.41) is 1.22. The van der Waals surface area contributed by atoms with Gasteiger partial charge in [-0.2, -0.15) is 0 Å². The average Bonchev–Trinajstić information content (AvgIpc) is 2.73. The van der Waals surface area contributed by atoms with E-state index in [4.69, 9.17) is 0 Å². The van der Waals surface area contributed by atoms with E-state index < -0.39 is 0 Å². The van der Waals surface area contributed by atoms with Crippen molar-refractivity contribution in [3.8, 4) is 0 Å². The summed E-state index contributed by atoms with van der Waals surface area (Å²) in [5.74, 6) is 0.164. The molecule has 0 saturated heterocycles. The molecule has 1 aliphatic heterocycles. The van der Waals surface area contributed by atoms with Crippen molar-refractivity contribution in [2.75, 3.05) is 6.54 Å². The maximum Gasteiger partial charge on any atom is 0.219 e. The van der Waals surface area contributed by atoms with Gasteiger partial charge in [-0.25, -0.2) is 0 Å². The molecule has 3 rings (SSSR count). The lowest BCUT2D eigenvalue weighted by atomic mass is 9.92. The molecule has 0 saturated carbocycles. The van der Waals surface area contributed by atoms with E-state index in [1.54, 1.807) is 6.92 Å². The minimum atomic E-state index is 0.164. The highest BCUT2D eigenvalue weighted by atomic mass is 16.2. The standard InChI is InChI=1S/C14H16N2O/c1-9-13-7-12-3-5-15-14(12)8-11(13)4-6-16(9)10(2)17/h3,5,7-9,15H,4,6H2,1-2H3. The summed E-state index contributed by atoms with van der Waals surface area (Å²) < 4.78 is 0. The van der Waals surface area contributed by atoms with Gasteiger partial charge in [-0.15, -0.1) is 0 Å². The average molecular weight is 228 g/mol. The van der Waals surface area contributed by atoms with Gasteiger partial charge in [-0.05, 0) is 48.1 Å². The molecule has 1 aromatic carbocycles. The van der Waals surface area contributed by atoms with Crippen molar-refractivity contribution in [2.24, 2.45) is 0 Å². The van der Waals surface area contributed by atoms with Crippen molar-refractivity contribution in [3.63, 3.8) is 0 Å². The monoisotopic (exact) mass is 228 g/mol. The maximum absolute atomic E-state index is 11.6. The second-order valence-corrected chi connectivity index (χ2v) is 4.75. The maximum atomic E-state index is 11.6. The van der Waals surface area contributed by atoms with Crippen LogP contribution in [0.25, 0.3) is 10.9 Å². The third-order valence-electron chi connectivity index (χ3n) is 3.76. The summed E-state index contributed by atoms with van der Waals surface area (Å²) in [5.41, 5.74) is 3.84. The minimum Gasteiger partial charge on any atom is -0.361 e. The van der Waals surface area contributed by atoms with Crippen LogP contribution in [0, 0.1) is 0 Å². The summed E-state index contributed by atoms with van der Waals surface area (Å²) >= 11 is 0. The number of carbonyl (C=O) groups is 1. The van der Waals surface area contributed by atoms with Crippen LogP contribution in [0.4, 0.5) is 0 Å². The van der Waals surface area contributed by atoms with Crippen LogP contribution in [0.5, 0.6) is 0 Å². The number of fused-ring (bicyclic) bond motifs is 2. The number of nitrogens with one attached hydrogen (secondary N) is 1. The fraction of sp³-hybridized carbons (Fsp3) is 0.357. The second kappa shape index (κ2) is 3.62. The van der Waals surface area contributed by atoms with Gasteiger partial charge >= 0.3 is 0 Å². The lowest BCUT2D eigenvalue weighted by molar-refractivity contribution is -0.131. The van der Waals surface area contributed by atoms with Crippen LogP contribution in [-0.2, 0) is 11.2 Å². The van der Waals surface area contributed by atoms with Crippen LogP contribution in [0.1, 0.15) is 31.0 Å². The second-order valence-electron chi connectivity index (χ2n) is 4.75. The van der Waals surface area contributed by atoms with E-state index in [1.807, 2.05) is 11.1 Å². The molecule has 2 aromatic rings. The Morgan fingerprint density at radius 1 is 1.47 bits per heavy atom. The molecule has 0 fully saturated rings.